The lowest BCUT2D eigenvalue weighted by molar-refractivity contribution is 0.414. The fourth-order valence-corrected chi connectivity index (χ4v) is 4.27. The van der Waals surface area contributed by atoms with E-state index in [0.29, 0.717) is 11.6 Å². The van der Waals surface area contributed by atoms with Crippen LogP contribution in [0.3, 0.4) is 0 Å². The summed E-state index contributed by atoms with van der Waals surface area (Å²) < 4.78 is 30.4. The third-order valence-corrected chi connectivity index (χ3v) is 6.46. The Bertz CT molecular complexity index is 988. The van der Waals surface area contributed by atoms with Gasteiger partial charge in [0.25, 0.3) is 0 Å². The molecule has 1 unspecified atom stereocenters. The Hall–Kier alpha value is -2.34. The highest BCUT2D eigenvalue weighted by Crippen LogP contribution is 2.24. The standard InChI is InChI=1S/C22H22ClNO3S/c1-27-20-11-7-18(8-12-20)22(17-5-3-2-4-6-17)24-15-16-28(25,26)21-13-9-19(23)10-14-21/h2-14,22,24H,15-16H2,1H3. The lowest BCUT2D eigenvalue weighted by atomic mass is 9.98. The Balaban J connectivity index is 1.75. The summed E-state index contributed by atoms with van der Waals surface area (Å²) in [4.78, 5) is 0.277. The molecule has 28 heavy (non-hydrogen) atoms. The molecule has 1 N–H and O–H groups in total. The predicted molar refractivity (Wildman–Crippen MR) is 113 cm³/mol. The molecule has 0 aromatic heterocycles. The minimum atomic E-state index is -3.39. The first-order chi connectivity index (χ1) is 13.5. The van der Waals surface area contributed by atoms with Gasteiger partial charge in [0, 0.05) is 11.6 Å². The summed E-state index contributed by atoms with van der Waals surface area (Å²) in [6.45, 7) is 0.316. The first-order valence-corrected chi connectivity index (χ1v) is 10.9. The number of hydrogen-bond donors (Lipinski definition) is 1. The fraction of sp³-hybridized carbons (Fsp3) is 0.182. The molecule has 3 rings (SSSR count). The minimum absolute atomic E-state index is 0.00583. The topological polar surface area (TPSA) is 55.4 Å². The monoisotopic (exact) mass is 415 g/mol. The summed E-state index contributed by atoms with van der Waals surface area (Å²) in [5.41, 5.74) is 2.10. The molecule has 3 aromatic carbocycles. The van der Waals surface area contributed by atoms with E-state index in [1.165, 1.54) is 12.1 Å². The van der Waals surface area contributed by atoms with Gasteiger partial charge in [0.1, 0.15) is 5.75 Å². The smallest absolute Gasteiger partial charge is 0.179 e. The van der Waals surface area contributed by atoms with Gasteiger partial charge in [-0.3, -0.25) is 0 Å². The molecule has 0 aliphatic carbocycles. The van der Waals surface area contributed by atoms with Crippen molar-refractivity contribution in [3.8, 4) is 5.75 Å². The molecule has 0 amide bonds. The Morgan fingerprint density at radius 1 is 0.893 bits per heavy atom. The largest absolute Gasteiger partial charge is 0.497 e. The van der Waals surface area contributed by atoms with Crippen molar-refractivity contribution in [3.63, 3.8) is 0 Å². The number of benzene rings is 3. The average Bonchev–Trinajstić information content (AvgIpc) is 2.72. The summed E-state index contributed by atoms with van der Waals surface area (Å²) >= 11 is 5.85. The van der Waals surface area contributed by atoms with E-state index in [4.69, 9.17) is 16.3 Å². The van der Waals surface area contributed by atoms with Crippen LogP contribution in [-0.2, 0) is 9.84 Å². The van der Waals surface area contributed by atoms with Crippen LogP contribution >= 0.6 is 11.6 Å². The molecule has 0 saturated heterocycles. The second kappa shape index (κ2) is 9.24. The first kappa shape index (κ1) is 20.4. The van der Waals surface area contributed by atoms with E-state index < -0.39 is 9.84 Å². The lowest BCUT2D eigenvalue weighted by Gasteiger charge is -2.20. The van der Waals surface area contributed by atoms with E-state index in [1.807, 2.05) is 54.6 Å². The van der Waals surface area contributed by atoms with Crippen molar-refractivity contribution >= 4 is 21.4 Å². The summed E-state index contributed by atoms with van der Waals surface area (Å²) in [5.74, 6) is 0.773. The van der Waals surface area contributed by atoms with Crippen LogP contribution in [0.4, 0.5) is 0 Å². The second-order valence-corrected chi connectivity index (χ2v) is 8.89. The molecule has 0 fully saturated rings. The fourth-order valence-electron chi connectivity index (χ4n) is 2.97. The van der Waals surface area contributed by atoms with E-state index in [9.17, 15) is 8.42 Å². The summed E-state index contributed by atoms with van der Waals surface area (Å²) in [6.07, 6.45) is 0. The van der Waals surface area contributed by atoms with Gasteiger partial charge in [-0.15, -0.1) is 0 Å². The molecule has 0 heterocycles. The van der Waals surface area contributed by atoms with Crippen LogP contribution in [0.25, 0.3) is 0 Å². The maximum absolute atomic E-state index is 12.6. The van der Waals surface area contributed by atoms with Crippen LogP contribution in [0.5, 0.6) is 5.75 Å². The SMILES string of the molecule is COc1ccc(C(NCCS(=O)(=O)c2ccc(Cl)cc2)c2ccccc2)cc1. The molecule has 0 saturated carbocycles. The number of halogens is 1. The van der Waals surface area contributed by atoms with Crippen LogP contribution in [-0.4, -0.2) is 27.8 Å². The molecule has 0 aliphatic heterocycles. The Labute approximate surface area is 171 Å². The van der Waals surface area contributed by atoms with Crippen molar-refractivity contribution in [2.45, 2.75) is 10.9 Å². The van der Waals surface area contributed by atoms with Gasteiger partial charge in [0.15, 0.2) is 9.84 Å². The van der Waals surface area contributed by atoms with Gasteiger partial charge in [0.05, 0.1) is 23.8 Å². The molecule has 3 aromatic rings. The molecular weight excluding hydrogens is 394 g/mol. The molecule has 0 bridgehead atoms. The van der Waals surface area contributed by atoms with E-state index >= 15 is 0 Å². The highest BCUT2D eigenvalue weighted by molar-refractivity contribution is 7.91. The number of ether oxygens (including phenoxy) is 1. The van der Waals surface area contributed by atoms with E-state index in [1.54, 1.807) is 19.2 Å². The Morgan fingerprint density at radius 3 is 2.11 bits per heavy atom. The van der Waals surface area contributed by atoms with E-state index in [2.05, 4.69) is 5.32 Å². The highest BCUT2D eigenvalue weighted by atomic mass is 35.5. The van der Waals surface area contributed by atoms with Crippen molar-refractivity contribution in [2.75, 3.05) is 19.4 Å². The molecule has 4 nitrogen and oxygen atoms in total. The molecular formula is C22H22ClNO3S. The third kappa shape index (κ3) is 5.13. The molecule has 146 valence electrons. The van der Waals surface area contributed by atoms with Gasteiger partial charge >= 0.3 is 0 Å². The van der Waals surface area contributed by atoms with Gasteiger partial charge in [0.2, 0.25) is 0 Å². The van der Waals surface area contributed by atoms with Crippen LogP contribution in [0, 0.1) is 0 Å². The summed E-state index contributed by atoms with van der Waals surface area (Å²) in [5, 5.41) is 3.90. The lowest BCUT2D eigenvalue weighted by Crippen LogP contribution is -2.28. The van der Waals surface area contributed by atoms with Crippen LogP contribution in [0.2, 0.25) is 5.02 Å². The van der Waals surface area contributed by atoms with Crippen LogP contribution in [0.1, 0.15) is 17.2 Å². The number of sulfone groups is 1. The van der Waals surface area contributed by atoms with Gasteiger partial charge in [-0.2, -0.15) is 0 Å². The zero-order chi connectivity index (χ0) is 20.0. The number of nitrogens with one attached hydrogen (secondary N) is 1. The van der Waals surface area contributed by atoms with Crippen LogP contribution in [0.15, 0.2) is 83.8 Å². The van der Waals surface area contributed by atoms with Crippen molar-refractivity contribution in [2.24, 2.45) is 0 Å². The van der Waals surface area contributed by atoms with Crippen molar-refractivity contribution in [3.05, 3.63) is 95.0 Å². The Morgan fingerprint density at radius 2 is 1.50 bits per heavy atom. The maximum Gasteiger partial charge on any atom is 0.179 e. The molecule has 0 spiro atoms. The van der Waals surface area contributed by atoms with Crippen molar-refractivity contribution in [1.82, 2.24) is 5.32 Å². The third-order valence-electron chi connectivity index (χ3n) is 4.47. The van der Waals surface area contributed by atoms with Gasteiger partial charge in [-0.05, 0) is 47.5 Å². The zero-order valence-electron chi connectivity index (χ0n) is 15.5. The van der Waals surface area contributed by atoms with Gasteiger partial charge in [-0.25, -0.2) is 8.42 Å². The zero-order valence-corrected chi connectivity index (χ0v) is 17.1. The maximum atomic E-state index is 12.6. The summed E-state index contributed by atoms with van der Waals surface area (Å²) in [7, 11) is -1.76. The average molecular weight is 416 g/mol. The number of hydrogen-bond acceptors (Lipinski definition) is 4. The van der Waals surface area contributed by atoms with Crippen LogP contribution < -0.4 is 10.1 Å². The van der Waals surface area contributed by atoms with Gasteiger partial charge < -0.3 is 10.1 Å². The number of rotatable bonds is 8. The number of methoxy groups -OCH3 is 1. The Kier molecular flexibility index (Phi) is 6.73. The molecule has 1 atom stereocenters. The summed E-state index contributed by atoms with van der Waals surface area (Å²) in [6, 6.07) is 23.8. The molecule has 0 radical (unpaired) electrons. The first-order valence-electron chi connectivity index (χ1n) is 8.90. The second-order valence-electron chi connectivity index (χ2n) is 6.34. The van der Waals surface area contributed by atoms with Gasteiger partial charge in [-0.1, -0.05) is 54.1 Å². The van der Waals surface area contributed by atoms with E-state index in [-0.39, 0.29) is 16.7 Å². The molecule has 0 aliphatic rings. The van der Waals surface area contributed by atoms with E-state index in [0.717, 1.165) is 16.9 Å². The quantitative estimate of drug-likeness (QED) is 0.588. The highest BCUT2D eigenvalue weighted by Gasteiger charge is 2.17. The minimum Gasteiger partial charge on any atom is -0.497 e. The molecule has 6 heteroatoms. The van der Waals surface area contributed by atoms with Crippen molar-refractivity contribution < 1.29 is 13.2 Å². The van der Waals surface area contributed by atoms with Crippen molar-refractivity contribution in [1.29, 1.82) is 0 Å². The predicted octanol–water partition coefficient (Wildman–Crippen LogP) is 4.50. The normalized spacial score (nSPS) is 12.5.